The molecule has 0 aromatic rings. The SMILES string of the molecule is CCCCCCCCCCCCN1C(C)(C)CC(C(CCCC(=O)O)(C(=O)O)C2CC(C)(C)N(CCCCCCCCCCCC)C(C)(C)C2)CC1(C)C. The van der Waals surface area contributed by atoms with E-state index in [1.807, 2.05) is 0 Å². The van der Waals surface area contributed by atoms with Gasteiger partial charge in [0.15, 0.2) is 0 Å². The zero-order valence-electron chi connectivity index (χ0n) is 37.8. The highest BCUT2D eigenvalue weighted by atomic mass is 16.4. The highest BCUT2D eigenvalue weighted by Crippen LogP contribution is 2.58. The second kappa shape index (κ2) is 23.3. The molecule has 54 heavy (non-hydrogen) atoms. The predicted octanol–water partition coefficient (Wildman–Crippen LogP) is 13.7. The number of piperidine rings is 2. The Hall–Kier alpha value is -1.14. The quantitative estimate of drug-likeness (QED) is 0.0739. The molecule has 6 heteroatoms. The largest absolute Gasteiger partial charge is 0.481 e. The summed E-state index contributed by atoms with van der Waals surface area (Å²) in [6.07, 6.45) is 30.8. The van der Waals surface area contributed by atoms with Gasteiger partial charge in [0.1, 0.15) is 0 Å². The topological polar surface area (TPSA) is 81.1 Å². The molecule has 2 aliphatic rings. The molecule has 0 bridgehead atoms. The van der Waals surface area contributed by atoms with E-state index >= 15 is 0 Å². The summed E-state index contributed by atoms with van der Waals surface area (Å²) in [5.41, 5.74) is -1.51. The van der Waals surface area contributed by atoms with E-state index in [9.17, 15) is 19.8 Å². The molecule has 2 rings (SSSR count). The summed E-state index contributed by atoms with van der Waals surface area (Å²) < 4.78 is 0. The second-order valence-electron chi connectivity index (χ2n) is 20.7. The van der Waals surface area contributed by atoms with Crippen LogP contribution in [0.2, 0.25) is 0 Å². The van der Waals surface area contributed by atoms with Crippen molar-refractivity contribution in [3.63, 3.8) is 0 Å². The van der Waals surface area contributed by atoms with Crippen LogP contribution in [0.3, 0.4) is 0 Å². The van der Waals surface area contributed by atoms with Gasteiger partial charge in [-0.3, -0.25) is 19.4 Å². The van der Waals surface area contributed by atoms with Gasteiger partial charge in [0, 0.05) is 28.6 Å². The number of rotatable bonds is 29. The van der Waals surface area contributed by atoms with Crippen LogP contribution in [0, 0.1) is 17.3 Å². The molecule has 0 aliphatic carbocycles. The van der Waals surface area contributed by atoms with E-state index in [0.29, 0.717) is 12.8 Å². The molecule has 0 atom stereocenters. The van der Waals surface area contributed by atoms with Crippen LogP contribution < -0.4 is 0 Å². The Bertz CT molecular complexity index is 965. The van der Waals surface area contributed by atoms with Crippen molar-refractivity contribution in [2.75, 3.05) is 13.1 Å². The van der Waals surface area contributed by atoms with Gasteiger partial charge < -0.3 is 10.2 Å². The van der Waals surface area contributed by atoms with Crippen molar-refractivity contribution in [3.05, 3.63) is 0 Å². The normalized spacial score (nSPS) is 20.7. The molecule has 0 radical (unpaired) electrons. The maximum Gasteiger partial charge on any atom is 0.310 e. The van der Waals surface area contributed by atoms with E-state index in [4.69, 9.17) is 0 Å². The van der Waals surface area contributed by atoms with Crippen molar-refractivity contribution in [2.24, 2.45) is 17.3 Å². The monoisotopic (exact) mass is 761 g/mol. The molecule has 2 saturated heterocycles. The molecular weight excluding hydrogens is 669 g/mol. The predicted molar refractivity (Wildman–Crippen MR) is 230 cm³/mol. The van der Waals surface area contributed by atoms with Crippen molar-refractivity contribution in [2.45, 2.75) is 265 Å². The summed E-state index contributed by atoms with van der Waals surface area (Å²) in [6.45, 7) is 25.5. The first-order valence-electron chi connectivity index (χ1n) is 23.4. The van der Waals surface area contributed by atoms with Crippen molar-refractivity contribution < 1.29 is 19.8 Å². The molecule has 2 heterocycles. The first-order chi connectivity index (χ1) is 25.4. The van der Waals surface area contributed by atoms with Crippen molar-refractivity contribution in [3.8, 4) is 0 Å². The third kappa shape index (κ3) is 15.0. The third-order valence-electron chi connectivity index (χ3n) is 14.2. The fourth-order valence-electron chi connectivity index (χ4n) is 11.8. The van der Waals surface area contributed by atoms with E-state index in [2.05, 4.69) is 79.0 Å². The van der Waals surface area contributed by atoms with Gasteiger partial charge in [0.05, 0.1) is 5.41 Å². The van der Waals surface area contributed by atoms with Crippen molar-refractivity contribution in [1.29, 1.82) is 0 Å². The number of hydrogen-bond donors (Lipinski definition) is 2. The second-order valence-corrected chi connectivity index (χ2v) is 20.7. The molecule has 0 unspecified atom stereocenters. The van der Waals surface area contributed by atoms with Gasteiger partial charge in [-0.2, -0.15) is 0 Å². The number of carboxylic acids is 2. The maximum absolute atomic E-state index is 14.1. The molecule has 2 fully saturated rings. The number of likely N-dealkylation sites (tertiary alicyclic amines) is 2. The molecule has 2 aliphatic heterocycles. The Labute approximate surface area is 335 Å². The molecule has 318 valence electrons. The van der Waals surface area contributed by atoms with E-state index in [1.165, 1.54) is 128 Å². The van der Waals surface area contributed by atoms with Gasteiger partial charge in [-0.15, -0.1) is 0 Å². The van der Waals surface area contributed by atoms with E-state index in [0.717, 1.165) is 38.8 Å². The first-order valence-corrected chi connectivity index (χ1v) is 23.4. The van der Waals surface area contributed by atoms with Crippen LogP contribution in [0.15, 0.2) is 0 Å². The molecule has 0 spiro atoms. The van der Waals surface area contributed by atoms with E-state index in [-0.39, 0.29) is 40.4 Å². The average Bonchev–Trinajstić information content (AvgIpc) is 3.05. The molecule has 0 saturated carbocycles. The lowest BCUT2D eigenvalue weighted by molar-refractivity contribution is -0.179. The zero-order valence-corrected chi connectivity index (χ0v) is 37.8. The van der Waals surface area contributed by atoms with E-state index < -0.39 is 17.4 Å². The summed E-state index contributed by atoms with van der Waals surface area (Å²) in [6, 6.07) is 0. The van der Waals surface area contributed by atoms with Crippen LogP contribution in [-0.2, 0) is 9.59 Å². The number of nitrogens with zero attached hydrogens (tertiary/aromatic N) is 2. The van der Waals surface area contributed by atoms with Crippen molar-refractivity contribution in [1.82, 2.24) is 9.80 Å². The fourth-order valence-corrected chi connectivity index (χ4v) is 11.8. The Balaban J connectivity index is 2.18. The Morgan fingerprint density at radius 1 is 0.481 bits per heavy atom. The fraction of sp³-hybridized carbons (Fsp3) is 0.958. The molecular formula is C48H92N2O4. The molecule has 0 aromatic heterocycles. The van der Waals surface area contributed by atoms with E-state index in [1.54, 1.807) is 0 Å². The summed E-state index contributed by atoms with van der Waals surface area (Å²) in [5.74, 6) is -1.54. The number of unbranched alkanes of at least 4 members (excludes halogenated alkanes) is 18. The Morgan fingerprint density at radius 3 is 1.02 bits per heavy atom. The summed E-state index contributed by atoms with van der Waals surface area (Å²) in [5, 5.41) is 21.2. The molecule has 2 N–H and O–H groups in total. The van der Waals surface area contributed by atoms with Gasteiger partial charge in [0.25, 0.3) is 0 Å². The van der Waals surface area contributed by atoms with Crippen molar-refractivity contribution >= 4 is 11.9 Å². The Kier molecular flexibility index (Phi) is 21.2. The van der Waals surface area contributed by atoms with Gasteiger partial charge in [-0.25, -0.2) is 0 Å². The average molecular weight is 761 g/mol. The first kappa shape index (κ1) is 49.0. The highest BCUT2D eigenvalue weighted by molar-refractivity contribution is 5.76. The standard InChI is InChI=1S/C48H92N2O4/c1-11-13-15-17-19-21-23-25-27-29-34-49-44(3,4)36-40(37-45(49,5)6)48(43(53)54,33-31-32-42(51)52)41-38-46(7,8)50(47(9,10)39-41)35-30-28-26-24-22-20-18-16-14-12-2/h40-41H,11-39H2,1-10H3,(H,51,52)(H,53,54). The minimum absolute atomic E-state index is 0.0112. The zero-order chi connectivity index (χ0) is 40.5. The summed E-state index contributed by atoms with van der Waals surface area (Å²) in [7, 11) is 0. The number of hydrogen-bond acceptors (Lipinski definition) is 4. The lowest BCUT2D eigenvalue weighted by Gasteiger charge is -2.63. The third-order valence-corrected chi connectivity index (χ3v) is 14.2. The lowest BCUT2D eigenvalue weighted by atomic mass is 9.52. The minimum atomic E-state index is -0.953. The highest BCUT2D eigenvalue weighted by Gasteiger charge is 2.61. The maximum atomic E-state index is 14.1. The van der Waals surface area contributed by atoms with Crippen LogP contribution in [-0.4, -0.2) is 67.2 Å². The minimum Gasteiger partial charge on any atom is -0.481 e. The van der Waals surface area contributed by atoms with Crippen LogP contribution in [0.25, 0.3) is 0 Å². The lowest BCUT2D eigenvalue weighted by Crippen LogP contribution is -2.67. The van der Waals surface area contributed by atoms with Gasteiger partial charge >= 0.3 is 11.9 Å². The molecule has 0 aromatic carbocycles. The summed E-state index contributed by atoms with van der Waals surface area (Å²) >= 11 is 0. The summed E-state index contributed by atoms with van der Waals surface area (Å²) in [4.78, 5) is 31.3. The smallest absolute Gasteiger partial charge is 0.310 e. The van der Waals surface area contributed by atoms with Crippen LogP contribution in [0.1, 0.15) is 243 Å². The number of carboxylic acid groups (broad SMARTS) is 2. The Morgan fingerprint density at radius 2 is 0.759 bits per heavy atom. The van der Waals surface area contributed by atoms with Crippen LogP contribution >= 0.6 is 0 Å². The van der Waals surface area contributed by atoms with Crippen LogP contribution in [0.4, 0.5) is 0 Å². The molecule has 0 amide bonds. The van der Waals surface area contributed by atoms with Gasteiger partial charge in [0.2, 0.25) is 0 Å². The molecule has 6 nitrogen and oxygen atoms in total. The van der Waals surface area contributed by atoms with Gasteiger partial charge in [-0.05, 0) is 132 Å². The van der Waals surface area contributed by atoms with Crippen LogP contribution in [0.5, 0.6) is 0 Å². The number of carbonyl (C=O) groups is 2. The number of aliphatic carboxylic acids is 2. The van der Waals surface area contributed by atoms with Gasteiger partial charge in [-0.1, -0.05) is 129 Å².